The van der Waals surface area contributed by atoms with Crippen LogP contribution in [0.1, 0.15) is 13.3 Å². The van der Waals surface area contributed by atoms with Crippen LogP contribution in [0.25, 0.3) is 0 Å². The van der Waals surface area contributed by atoms with Gasteiger partial charge in [-0.05, 0) is 12.1 Å². The predicted molar refractivity (Wildman–Crippen MR) is 57.6 cm³/mol. The number of hydrogen-bond donors (Lipinski definition) is 0. The van der Waals surface area contributed by atoms with Crippen molar-refractivity contribution in [1.82, 2.24) is 4.98 Å². The van der Waals surface area contributed by atoms with E-state index >= 15 is 0 Å². The largest absolute Gasteiger partial charge is 0.466 e. The molecule has 0 spiro atoms. The monoisotopic (exact) mass is 279 g/mol. The molecule has 0 radical (unpaired) electrons. The zero-order valence-electron chi connectivity index (χ0n) is 9.47. The Bertz CT molecular complexity index is 516. The number of aromatic nitrogens is 1. The standard InChI is InChI=1S/C10H11F2NO4S/c1-8(14)17-7-5-10(11,12)18(15,16)9-4-2-3-6-13-9/h2-4,6H,5,7H2,1H3. The van der Waals surface area contributed by atoms with Crippen LogP contribution in [0, 0.1) is 0 Å². The molecule has 0 saturated carbocycles. The van der Waals surface area contributed by atoms with Gasteiger partial charge in [0, 0.05) is 13.1 Å². The van der Waals surface area contributed by atoms with Crippen molar-refractivity contribution in [3.63, 3.8) is 0 Å². The van der Waals surface area contributed by atoms with Gasteiger partial charge >= 0.3 is 11.2 Å². The van der Waals surface area contributed by atoms with Crippen LogP contribution in [0.2, 0.25) is 0 Å². The molecule has 1 rings (SSSR count). The van der Waals surface area contributed by atoms with Gasteiger partial charge in [0.25, 0.3) is 9.84 Å². The molecule has 8 heteroatoms. The molecule has 0 unspecified atom stereocenters. The molecule has 0 fully saturated rings. The summed E-state index contributed by atoms with van der Waals surface area (Å²) in [6.45, 7) is 0.375. The summed E-state index contributed by atoms with van der Waals surface area (Å²) in [4.78, 5) is 13.8. The highest BCUT2D eigenvalue weighted by Gasteiger charge is 2.46. The minimum Gasteiger partial charge on any atom is -0.466 e. The van der Waals surface area contributed by atoms with Crippen LogP contribution in [-0.2, 0) is 19.4 Å². The number of carbonyl (C=O) groups is 1. The van der Waals surface area contributed by atoms with Gasteiger partial charge in [-0.3, -0.25) is 4.79 Å². The summed E-state index contributed by atoms with van der Waals surface area (Å²) in [5.74, 6) is -0.749. The van der Waals surface area contributed by atoms with E-state index in [4.69, 9.17) is 0 Å². The van der Waals surface area contributed by atoms with Crippen molar-refractivity contribution in [3.8, 4) is 0 Å². The molecule has 0 bridgehead atoms. The maximum atomic E-state index is 13.5. The highest BCUT2D eigenvalue weighted by Crippen LogP contribution is 2.30. The van der Waals surface area contributed by atoms with Gasteiger partial charge in [0.15, 0.2) is 5.03 Å². The van der Waals surface area contributed by atoms with Gasteiger partial charge in [0.05, 0.1) is 13.0 Å². The Hall–Kier alpha value is -1.57. The fourth-order valence-corrected chi connectivity index (χ4v) is 2.22. The summed E-state index contributed by atoms with van der Waals surface area (Å²) in [5.41, 5.74) is 0. The Morgan fingerprint density at radius 1 is 1.44 bits per heavy atom. The van der Waals surface area contributed by atoms with E-state index in [0.29, 0.717) is 0 Å². The number of nitrogens with zero attached hydrogens (tertiary/aromatic N) is 1. The summed E-state index contributed by atoms with van der Waals surface area (Å²) in [6.07, 6.45) is 0.000516. The lowest BCUT2D eigenvalue weighted by molar-refractivity contribution is -0.142. The third kappa shape index (κ3) is 3.22. The molecule has 1 aromatic rings. The number of carbonyl (C=O) groups excluding carboxylic acids is 1. The van der Waals surface area contributed by atoms with Gasteiger partial charge < -0.3 is 4.74 Å². The van der Waals surface area contributed by atoms with Crippen LogP contribution >= 0.6 is 0 Å². The second kappa shape index (κ2) is 5.38. The van der Waals surface area contributed by atoms with E-state index in [-0.39, 0.29) is 0 Å². The van der Waals surface area contributed by atoms with E-state index < -0.39 is 39.1 Å². The summed E-state index contributed by atoms with van der Waals surface area (Å²) >= 11 is 0. The maximum Gasteiger partial charge on any atom is 0.354 e. The number of halogens is 2. The van der Waals surface area contributed by atoms with Crippen LogP contribution in [-0.4, -0.2) is 31.2 Å². The number of alkyl halides is 2. The molecule has 0 aliphatic rings. The molecule has 1 aromatic heterocycles. The first kappa shape index (κ1) is 14.5. The normalized spacial score (nSPS) is 12.2. The Balaban J connectivity index is 2.87. The van der Waals surface area contributed by atoms with Crippen molar-refractivity contribution < 1.29 is 26.7 Å². The SMILES string of the molecule is CC(=O)OCCC(F)(F)S(=O)(=O)c1ccccn1. The van der Waals surface area contributed by atoms with E-state index in [1.165, 1.54) is 12.1 Å². The first-order valence-corrected chi connectivity index (χ1v) is 6.42. The highest BCUT2D eigenvalue weighted by atomic mass is 32.2. The molecule has 0 aliphatic carbocycles. The Labute approximate surface area is 103 Å². The van der Waals surface area contributed by atoms with Crippen LogP contribution in [0.3, 0.4) is 0 Å². The van der Waals surface area contributed by atoms with Gasteiger partial charge in [0.2, 0.25) is 0 Å². The summed E-state index contributed by atoms with van der Waals surface area (Å²) in [7, 11) is -4.87. The fourth-order valence-electron chi connectivity index (χ4n) is 1.11. The quantitative estimate of drug-likeness (QED) is 0.762. The Morgan fingerprint density at radius 2 is 2.11 bits per heavy atom. The number of esters is 1. The second-order valence-electron chi connectivity index (χ2n) is 3.40. The van der Waals surface area contributed by atoms with E-state index in [0.717, 1.165) is 19.2 Å². The van der Waals surface area contributed by atoms with Gasteiger partial charge in [-0.15, -0.1) is 0 Å². The number of hydrogen-bond acceptors (Lipinski definition) is 5. The third-order valence-electron chi connectivity index (χ3n) is 2.00. The molecule has 18 heavy (non-hydrogen) atoms. The lowest BCUT2D eigenvalue weighted by Gasteiger charge is -2.15. The summed E-state index contributed by atoms with van der Waals surface area (Å²) < 4.78 is 54.5. The Kier molecular flexibility index (Phi) is 4.33. The molecular weight excluding hydrogens is 268 g/mol. The van der Waals surface area contributed by atoms with Crippen molar-refractivity contribution in [2.24, 2.45) is 0 Å². The molecule has 0 N–H and O–H groups in total. The zero-order chi connectivity index (χ0) is 13.8. The summed E-state index contributed by atoms with van der Waals surface area (Å²) in [5, 5.41) is -4.74. The van der Waals surface area contributed by atoms with Gasteiger partial charge in [-0.25, -0.2) is 13.4 Å². The summed E-state index contributed by atoms with van der Waals surface area (Å²) in [6, 6.07) is 3.69. The lowest BCUT2D eigenvalue weighted by Crippen LogP contribution is -2.31. The van der Waals surface area contributed by atoms with E-state index in [1.54, 1.807) is 0 Å². The highest BCUT2D eigenvalue weighted by molar-refractivity contribution is 7.92. The van der Waals surface area contributed by atoms with Crippen molar-refractivity contribution in [3.05, 3.63) is 24.4 Å². The van der Waals surface area contributed by atoms with E-state index in [2.05, 4.69) is 9.72 Å². The van der Waals surface area contributed by atoms with Crippen molar-refractivity contribution in [1.29, 1.82) is 0 Å². The average molecular weight is 279 g/mol. The predicted octanol–water partition coefficient (Wildman–Crippen LogP) is 1.40. The number of sulfone groups is 1. The number of ether oxygens (including phenoxy) is 1. The van der Waals surface area contributed by atoms with Crippen LogP contribution in [0.5, 0.6) is 0 Å². The van der Waals surface area contributed by atoms with Crippen LogP contribution in [0.15, 0.2) is 29.4 Å². The number of rotatable bonds is 5. The minimum absolute atomic E-state index is 0.672. The van der Waals surface area contributed by atoms with Crippen LogP contribution < -0.4 is 0 Å². The fraction of sp³-hybridized carbons (Fsp3) is 0.400. The Morgan fingerprint density at radius 3 is 2.61 bits per heavy atom. The van der Waals surface area contributed by atoms with Gasteiger partial charge in [-0.1, -0.05) is 6.07 Å². The average Bonchev–Trinajstić information content (AvgIpc) is 2.29. The molecule has 0 saturated heterocycles. The number of pyridine rings is 1. The van der Waals surface area contributed by atoms with Crippen LogP contribution in [0.4, 0.5) is 8.78 Å². The van der Waals surface area contributed by atoms with E-state index in [1.807, 2.05) is 0 Å². The molecule has 0 aromatic carbocycles. The molecule has 1 heterocycles. The van der Waals surface area contributed by atoms with Gasteiger partial charge in [-0.2, -0.15) is 8.78 Å². The maximum absolute atomic E-state index is 13.5. The molecule has 0 atom stereocenters. The topological polar surface area (TPSA) is 73.3 Å². The molecule has 0 aliphatic heterocycles. The van der Waals surface area contributed by atoms with Crippen molar-refractivity contribution >= 4 is 15.8 Å². The first-order valence-electron chi connectivity index (χ1n) is 4.94. The molecular formula is C10H11F2NO4S. The lowest BCUT2D eigenvalue weighted by atomic mass is 10.5. The van der Waals surface area contributed by atoms with Crippen molar-refractivity contribution in [2.75, 3.05) is 6.61 Å². The second-order valence-corrected chi connectivity index (χ2v) is 5.42. The van der Waals surface area contributed by atoms with Gasteiger partial charge in [0.1, 0.15) is 0 Å². The molecule has 0 amide bonds. The molecule has 100 valence electrons. The van der Waals surface area contributed by atoms with E-state index in [9.17, 15) is 22.0 Å². The third-order valence-corrected chi connectivity index (χ3v) is 3.79. The van der Waals surface area contributed by atoms with Crippen molar-refractivity contribution in [2.45, 2.75) is 23.6 Å². The first-order chi connectivity index (χ1) is 8.27. The minimum atomic E-state index is -4.87. The zero-order valence-corrected chi connectivity index (χ0v) is 10.3. The molecule has 5 nitrogen and oxygen atoms in total. The smallest absolute Gasteiger partial charge is 0.354 e.